The average molecular weight is 185 g/mol. The quantitative estimate of drug-likeness (QED) is 0.661. The van der Waals surface area contributed by atoms with Crippen LogP contribution in [-0.4, -0.2) is 12.3 Å². The maximum atomic E-state index is 11.5. The molecule has 0 radical (unpaired) electrons. The fraction of sp³-hybridized carbons (Fsp3) is 0.909. The van der Waals surface area contributed by atoms with E-state index in [0.717, 1.165) is 19.3 Å². The summed E-state index contributed by atoms with van der Waals surface area (Å²) in [5, 5.41) is 0. The second-order valence-electron chi connectivity index (χ2n) is 3.90. The Balaban J connectivity index is 3.94. The van der Waals surface area contributed by atoms with Gasteiger partial charge in [-0.05, 0) is 18.8 Å². The lowest BCUT2D eigenvalue weighted by atomic mass is 9.89. The highest BCUT2D eigenvalue weighted by molar-refractivity contribution is 5.81. The van der Waals surface area contributed by atoms with Gasteiger partial charge in [-0.2, -0.15) is 0 Å². The van der Waals surface area contributed by atoms with Gasteiger partial charge in [0.25, 0.3) is 0 Å². The zero-order valence-corrected chi connectivity index (χ0v) is 9.18. The summed E-state index contributed by atoms with van der Waals surface area (Å²) in [6.07, 6.45) is 3.73. The summed E-state index contributed by atoms with van der Waals surface area (Å²) >= 11 is 0. The molecule has 0 aliphatic rings. The third-order valence-electron chi connectivity index (χ3n) is 2.62. The summed E-state index contributed by atoms with van der Waals surface area (Å²) < 4.78 is 0. The largest absolute Gasteiger partial charge is 0.330 e. The number of nitrogens with two attached hydrogens (primary N) is 1. The molecule has 0 rings (SSSR count). The highest BCUT2D eigenvalue weighted by Crippen LogP contribution is 2.16. The van der Waals surface area contributed by atoms with Gasteiger partial charge in [0.05, 0.1) is 0 Å². The van der Waals surface area contributed by atoms with E-state index in [2.05, 4.69) is 13.8 Å². The second-order valence-corrected chi connectivity index (χ2v) is 3.90. The number of carbonyl (C=O) groups is 1. The predicted octanol–water partition coefficient (Wildman–Crippen LogP) is 2.37. The fourth-order valence-corrected chi connectivity index (χ4v) is 1.46. The Labute approximate surface area is 81.9 Å². The molecule has 2 heteroatoms. The van der Waals surface area contributed by atoms with Crippen molar-refractivity contribution in [2.24, 2.45) is 17.6 Å². The van der Waals surface area contributed by atoms with Gasteiger partial charge >= 0.3 is 0 Å². The Morgan fingerprint density at radius 3 is 2.38 bits per heavy atom. The first-order chi connectivity index (χ1) is 6.15. The first-order valence-corrected chi connectivity index (χ1v) is 5.38. The Kier molecular flexibility index (Phi) is 6.87. The number of carbonyl (C=O) groups excluding carboxylic acids is 1. The van der Waals surface area contributed by atoms with E-state index in [9.17, 15) is 4.79 Å². The first-order valence-electron chi connectivity index (χ1n) is 5.38. The molecule has 0 fully saturated rings. The minimum atomic E-state index is 0.106. The van der Waals surface area contributed by atoms with E-state index in [4.69, 9.17) is 5.73 Å². The smallest absolute Gasteiger partial charge is 0.137 e. The number of rotatable bonds is 7. The Morgan fingerprint density at radius 1 is 1.38 bits per heavy atom. The van der Waals surface area contributed by atoms with Gasteiger partial charge in [0, 0.05) is 18.9 Å². The molecule has 2 nitrogen and oxygen atoms in total. The molecule has 0 heterocycles. The number of hydrogen-bond donors (Lipinski definition) is 1. The zero-order chi connectivity index (χ0) is 10.3. The highest BCUT2D eigenvalue weighted by Gasteiger charge is 2.17. The molecule has 0 bridgehead atoms. The third kappa shape index (κ3) is 5.04. The topological polar surface area (TPSA) is 43.1 Å². The van der Waals surface area contributed by atoms with Crippen molar-refractivity contribution in [1.29, 1.82) is 0 Å². The van der Waals surface area contributed by atoms with Crippen LogP contribution in [0.15, 0.2) is 0 Å². The molecule has 78 valence electrons. The van der Waals surface area contributed by atoms with Crippen molar-refractivity contribution in [2.45, 2.75) is 46.5 Å². The van der Waals surface area contributed by atoms with Crippen molar-refractivity contribution >= 4 is 5.78 Å². The number of Topliss-reactive ketones (excluding diaryl/α,β-unsaturated/α-hetero) is 1. The van der Waals surface area contributed by atoms with Crippen LogP contribution in [0.4, 0.5) is 0 Å². The maximum Gasteiger partial charge on any atom is 0.137 e. The van der Waals surface area contributed by atoms with Crippen molar-refractivity contribution in [1.82, 2.24) is 0 Å². The van der Waals surface area contributed by atoms with Crippen LogP contribution >= 0.6 is 0 Å². The van der Waals surface area contributed by atoms with E-state index >= 15 is 0 Å². The number of ketones is 1. The van der Waals surface area contributed by atoms with E-state index in [-0.39, 0.29) is 5.92 Å². The molecule has 2 N–H and O–H groups in total. The van der Waals surface area contributed by atoms with Gasteiger partial charge in [0.2, 0.25) is 0 Å². The first kappa shape index (κ1) is 12.6. The molecule has 0 spiro atoms. The van der Waals surface area contributed by atoms with E-state index in [1.165, 1.54) is 0 Å². The van der Waals surface area contributed by atoms with Gasteiger partial charge in [-0.15, -0.1) is 0 Å². The standard InChI is InChI=1S/C11H23NO/c1-4-6-11(13)10(8-12)7-9(3)5-2/h9-10H,4-8,12H2,1-3H3. The van der Waals surface area contributed by atoms with Gasteiger partial charge in [0.1, 0.15) is 5.78 Å². The third-order valence-corrected chi connectivity index (χ3v) is 2.62. The Morgan fingerprint density at radius 2 is 2.00 bits per heavy atom. The predicted molar refractivity (Wildman–Crippen MR) is 56.5 cm³/mol. The Hall–Kier alpha value is -0.370. The lowest BCUT2D eigenvalue weighted by Crippen LogP contribution is -2.25. The van der Waals surface area contributed by atoms with Crippen molar-refractivity contribution in [3.63, 3.8) is 0 Å². The molecule has 2 unspecified atom stereocenters. The second kappa shape index (κ2) is 7.07. The van der Waals surface area contributed by atoms with E-state index in [1.807, 2.05) is 6.92 Å². The summed E-state index contributed by atoms with van der Waals surface area (Å²) in [6, 6.07) is 0. The Bertz CT molecular complexity index is 145. The zero-order valence-electron chi connectivity index (χ0n) is 9.18. The van der Waals surface area contributed by atoms with Gasteiger partial charge in [-0.1, -0.05) is 27.2 Å². The molecule has 0 saturated heterocycles. The van der Waals surface area contributed by atoms with E-state index < -0.39 is 0 Å². The molecule has 0 saturated carbocycles. The lowest BCUT2D eigenvalue weighted by molar-refractivity contribution is -0.123. The summed E-state index contributed by atoms with van der Waals surface area (Å²) in [5.74, 6) is 1.08. The van der Waals surface area contributed by atoms with Crippen LogP contribution < -0.4 is 5.73 Å². The number of hydrogen-bond acceptors (Lipinski definition) is 2. The van der Waals surface area contributed by atoms with Crippen LogP contribution in [0.5, 0.6) is 0 Å². The van der Waals surface area contributed by atoms with Crippen LogP contribution in [0.3, 0.4) is 0 Å². The van der Waals surface area contributed by atoms with Gasteiger partial charge in [-0.3, -0.25) is 4.79 Å². The molecular weight excluding hydrogens is 162 g/mol. The van der Waals surface area contributed by atoms with E-state index in [0.29, 0.717) is 24.7 Å². The lowest BCUT2D eigenvalue weighted by Gasteiger charge is -2.16. The van der Waals surface area contributed by atoms with Gasteiger partial charge < -0.3 is 5.73 Å². The average Bonchev–Trinajstić information content (AvgIpc) is 2.14. The molecular formula is C11H23NO. The summed E-state index contributed by atoms with van der Waals surface area (Å²) in [7, 11) is 0. The molecule has 13 heavy (non-hydrogen) atoms. The molecule has 0 aliphatic carbocycles. The molecule has 2 atom stereocenters. The van der Waals surface area contributed by atoms with Gasteiger partial charge in [-0.25, -0.2) is 0 Å². The van der Waals surface area contributed by atoms with Crippen molar-refractivity contribution < 1.29 is 4.79 Å². The summed E-state index contributed by atoms with van der Waals surface area (Å²) in [6.45, 7) is 6.89. The van der Waals surface area contributed by atoms with Crippen molar-refractivity contribution in [3.05, 3.63) is 0 Å². The molecule has 0 aromatic heterocycles. The monoisotopic (exact) mass is 185 g/mol. The van der Waals surface area contributed by atoms with Crippen LogP contribution in [-0.2, 0) is 4.79 Å². The van der Waals surface area contributed by atoms with Crippen molar-refractivity contribution in [2.75, 3.05) is 6.54 Å². The molecule has 0 aliphatic heterocycles. The van der Waals surface area contributed by atoms with Crippen LogP contribution in [0.25, 0.3) is 0 Å². The van der Waals surface area contributed by atoms with Crippen LogP contribution in [0.1, 0.15) is 46.5 Å². The van der Waals surface area contributed by atoms with Crippen LogP contribution in [0.2, 0.25) is 0 Å². The van der Waals surface area contributed by atoms with Crippen molar-refractivity contribution in [3.8, 4) is 0 Å². The molecule has 0 aromatic carbocycles. The van der Waals surface area contributed by atoms with E-state index in [1.54, 1.807) is 0 Å². The molecule has 0 amide bonds. The highest BCUT2D eigenvalue weighted by atomic mass is 16.1. The minimum Gasteiger partial charge on any atom is -0.330 e. The summed E-state index contributed by atoms with van der Waals surface area (Å²) in [5.41, 5.74) is 5.59. The minimum absolute atomic E-state index is 0.106. The summed E-state index contributed by atoms with van der Waals surface area (Å²) in [4.78, 5) is 11.5. The van der Waals surface area contributed by atoms with Gasteiger partial charge in [0.15, 0.2) is 0 Å². The molecule has 0 aromatic rings. The normalized spacial score (nSPS) is 15.4. The fourth-order valence-electron chi connectivity index (χ4n) is 1.46. The SMILES string of the molecule is CCCC(=O)C(CN)CC(C)CC. The van der Waals surface area contributed by atoms with Crippen LogP contribution in [0, 0.1) is 11.8 Å². The maximum absolute atomic E-state index is 11.5.